The Morgan fingerprint density at radius 1 is 1.30 bits per heavy atom. The molecule has 0 fully saturated rings. The van der Waals surface area contributed by atoms with Gasteiger partial charge in [-0.25, -0.2) is 0 Å². The van der Waals surface area contributed by atoms with Gasteiger partial charge in [0.15, 0.2) is 0 Å². The van der Waals surface area contributed by atoms with E-state index < -0.39 is 0 Å². The second-order valence-electron chi connectivity index (χ2n) is 2.68. The first-order valence-corrected chi connectivity index (χ1v) is 3.50. The predicted molar refractivity (Wildman–Crippen MR) is 41.8 cm³/mol. The molecule has 0 spiro atoms. The summed E-state index contributed by atoms with van der Waals surface area (Å²) in [5, 5.41) is 6.18. The number of fused-ring (bicyclic) bond motifs is 1. The molecule has 52 valence electrons. The van der Waals surface area contributed by atoms with Crippen LogP contribution >= 0.6 is 0 Å². The van der Waals surface area contributed by atoms with E-state index >= 15 is 0 Å². The molecule has 2 nitrogen and oxygen atoms in total. The molecule has 0 aromatic heterocycles. The number of hydrogen-bond donors (Lipinski definition) is 0. The minimum atomic E-state index is 0.477. The first-order valence-electron chi connectivity index (χ1n) is 3.50. The van der Waals surface area contributed by atoms with Crippen LogP contribution in [0.4, 0.5) is 0 Å². The summed E-state index contributed by atoms with van der Waals surface area (Å²) in [6, 6.07) is 0.477. The van der Waals surface area contributed by atoms with E-state index in [-0.39, 0.29) is 0 Å². The first kappa shape index (κ1) is 5.71. The van der Waals surface area contributed by atoms with Crippen LogP contribution < -0.4 is 0 Å². The van der Waals surface area contributed by atoms with E-state index in [1.54, 1.807) is 0 Å². The lowest BCUT2D eigenvalue weighted by molar-refractivity contribution is 0.307. The Hall–Kier alpha value is -1.05. The number of likely N-dealkylation sites (N-methyl/N-ethyl adjacent to an activating group) is 1. The first-order chi connectivity index (χ1) is 4.88. The molecule has 0 saturated heterocycles. The van der Waals surface area contributed by atoms with Crippen LogP contribution in [-0.2, 0) is 0 Å². The summed E-state index contributed by atoms with van der Waals surface area (Å²) in [6.45, 7) is 0. The Labute approximate surface area is 60.5 Å². The lowest BCUT2D eigenvalue weighted by Crippen LogP contribution is -2.27. The van der Waals surface area contributed by atoms with Crippen LogP contribution in [0.2, 0.25) is 0 Å². The fourth-order valence-electron chi connectivity index (χ4n) is 1.38. The van der Waals surface area contributed by atoms with Crippen molar-refractivity contribution in [2.45, 2.75) is 6.04 Å². The summed E-state index contributed by atoms with van der Waals surface area (Å²) in [5.41, 5.74) is 0. The minimum absolute atomic E-state index is 0.477. The van der Waals surface area contributed by atoms with E-state index in [1.165, 1.54) is 0 Å². The molecule has 0 saturated carbocycles. The van der Waals surface area contributed by atoms with Gasteiger partial charge in [0.25, 0.3) is 0 Å². The van der Waals surface area contributed by atoms with Gasteiger partial charge >= 0.3 is 0 Å². The molecule has 0 radical (unpaired) electrons. The fraction of sp³-hybridized carbons (Fsp3) is 0.375. The van der Waals surface area contributed by atoms with Crippen LogP contribution in [0.3, 0.4) is 0 Å². The van der Waals surface area contributed by atoms with E-state index in [0.29, 0.717) is 12.0 Å². The molecule has 10 heavy (non-hydrogen) atoms. The highest BCUT2D eigenvalue weighted by Gasteiger charge is 2.24. The molecule has 1 heterocycles. The molecule has 2 rings (SSSR count). The molecule has 1 aliphatic heterocycles. The van der Waals surface area contributed by atoms with E-state index in [0.717, 1.165) is 0 Å². The summed E-state index contributed by atoms with van der Waals surface area (Å²) >= 11 is 0. The third-order valence-electron chi connectivity index (χ3n) is 2.00. The van der Waals surface area contributed by atoms with Gasteiger partial charge in [0, 0.05) is 19.2 Å². The van der Waals surface area contributed by atoms with Crippen LogP contribution in [0.1, 0.15) is 0 Å². The predicted octanol–water partition coefficient (Wildman–Crippen LogP) is 1.03. The normalized spacial score (nSPS) is 35.1. The standard InChI is InChI=1S/C8H10N2/c1-10-8-5-3-2-4-7(8)6-9-10/h2-8H,1H3. The monoisotopic (exact) mass is 134 g/mol. The number of nitrogens with zero attached hydrogens (tertiary/aromatic N) is 2. The molecule has 1 aliphatic carbocycles. The molecular formula is C8H10N2. The Morgan fingerprint density at radius 3 is 2.90 bits per heavy atom. The molecule has 0 aromatic rings. The lowest BCUT2D eigenvalue weighted by atomic mass is 9.98. The van der Waals surface area contributed by atoms with Crippen molar-refractivity contribution >= 4 is 6.21 Å². The third kappa shape index (κ3) is 0.685. The summed E-state index contributed by atoms with van der Waals surface area (Å²) in [4.78, 5) is 0. The van der Waals surface area contributed by atoms with Gasteiger partial charge in [-0.1, -0.05) is 24.3 Å². The van der Waals surface area contributed by atoms with Crippen molar-refractivity contribution in [2.75, 3.05) is 7.05 Å². The van der Waals surface area contributed by atoms with E-state index in [1.807, 2.05) is 18.3 Å². The zero-order valence-electron chi connectivity index (χ0n) is 5.94. The topological polar surface area (TPSA) is 15.6 Å². The highest BCUT2D eigenvalue weighted by Crippen LogP contribution is 2.20. The van der Waals surface area contributed by atoms with Crippen molar-refractivity contribution in [3.05, 3.63) is 24.3 Å². The maximum atomic E-state index is 4.19. The average molecular weight is 134 g/mol. The van der Waals surface area contributed by atoms with Crippen LogP contribution in [0.5, 0.6) is 0 Å². The van der Waals surface area contributed by atoms with Gasteiger partial charge in [-0.15, -0.1) is 0 Å². The molecule has 0 N–H and O–H groups in total. The van der Waals surface area contributed by atoms with Crippen LogP contribution in [0.25, 0.3) is 0 Å². The van der Waals surface area contributed by atoms with Gasteiger partial charge < -0.3 is 0 Å². The Kier molecular flexibility index (Phi) is 1.13. The van der Waals surface area contributed by atoms with Gasteiger partial charge in [-0.05, 0) is 0 Å². The zero-order chi connectivity index (χ0) is 6.97. The van der Waals surface area contributed by atoms with Gasteiger partial charge in [-0.2, -0.15) is 5.10 Å². The van der Waals surface area contributed by atoms with Gasteiger partial charge in [-0.3, -0.25) is 5.01 Å². The largest absolute Gasteiger partial charge is 0.293 e. The van der Waals surface area contributed by atoms with Crippen LogP contribution in [0, 0.1) is 5.92 Å². The quantitative estimate of drug-likeness (QED) is 0.483. The highest BCUT2D eigenvalue weighted by molar-refractivity contribution is 5.67. The summed E-state index contributed by atoms with van der Waals surface area (Å²) < 4.78 is 0. The third-order valence-corrected chi connectivity index (χ3v) is 2.00. The Balaban J connectivity index is 2.26. The number of rotatable bonds is 0. The molecule has 0 aromatic carbocycles. The van der Waals surface area contributed by atoms with E-state index in [9.17, 15) is 0 Å². The van der Waals surface area contributed by atoms with Gasteiger partial charge in [0.2, 0.25) is 0 Å². The number of hydrogen-bond acceptors (Lipinski definition) is 2. The lowest BCUT2D eigenvalue weighted by Gasteiger charge is -2.20. The second kappa shape index (κ2) is 1.97. The molecular weight excluding hydrogens is 124 g/mol. The molecule has 2 aliphatic rings. The van der Waals surface area contributed by atoms with E-state index in [2.05, 4.69) is 29.4 Å². The maximum Gasteiger partial charge on any atom is 0.0763 e. The van der Waals surface area contributed by atoms with Crippen molar-refractivity contribution in [1.29, 1.82) is 0 Å². The molecule has 2 unspecified atom stereocenters. The smallest absolute Gasteiger partial charge is 0.0763 e. The highest BCUT2D eigenvalue weighted by atomic mass is 15.5. The number of hydrazone groups is 1. The summed E-state index contributed by atoms with van der Waals surface area (Å²) in [5.74, 6) is 0.509. The second-order valence-corrected chi connectivity index (χ2v) is 2.68. The van der Waals surface area contributed by atoms with Crippen molar-refractivity contribution in [3.63, 3.8) is 0 Å². The maximum absolute atomic E-state index is 4.19. The van der Waals surface area contributed by atoms with Crippen LogP contribution in [-0.4, -0.2) is 24.3 Å². The number of allylic oxidation sites excluding steroid dienone is 2. The van der Waals surface area contributed by atoms with E-state index in [4.69, 9.17) is 0 Å². The van der Waals surface area contributed by atoms with Crippen molar-refractivity contribution < 1.29 is 0 Å². The van der Waals surface area contributed by atoms with Crippen LogP contribution in [0.15, 0.2) is 29.4 Å². The Morgan fingerprint density at radius 2 is 2.10 bits per heavy atom. The average Bonchev–Trinajstić information content (AvgIpc) is 2.34. The van der Waals surface area contributed by atoms with Crippen molar-refractivity contribution in [1.82, 2.24) is 5.01 Å². The Bertz CT molecular complexity index is 215. The van der Waals surface area contributed by atoms with Gasteiger partial charge in [0.1, 0.15) is 0 Å². The molecule has 0 amide bonds. The molecule has 0 bridgehead atoms. The summed E-state index contributed by atoms with van der Waals surface area (Å²) in [7, 11) is 2.00. The molecule has 2 atom stereocenters. The van der Waals surface area contributed by atoms with Crippen molar-refractivity contribution in [3.8, 4) is 0 Å². The zero-order valence-corrected chi connectivity index (χ0v) is 5.94. The van der Waals surface area contributed by atoms with Gasteiger partial charge in [0.05, 0.1) is 6.04 Å². The minimum Gasteiger partial charge on any atom is -0.293 e. The van der Waals surface area contributed by atoms with Crippen molar-refractivity contribution in [2.24, 2.45) is 11.0 Å². The molecule has 2 heteroatoms. The SMILES string of the molecule is CN1N=CC2C=CC=CC21. The summed E-state index contributed by atoms with van der Waals surface area (Å²) in [6.07, 6.45) is 10.5. The fourth-order valence-corrected chi connectivity index (χ4v) is 1.38.